The molecule has 1 fully saturated rings. The molecule has 23 heavy (non-hydrogen) atoms. The van der Waals surface area contributed by atoms with Crippen molar-refractivity contribution in [3.05, 3.63) is 29.8 Å². The molecule has 0 radical (unpaired) electrons. The summed E-state index contributed by atoms with van der Waals surface area (Å²) < 4.78 is 47.6. The molecule has 2 rings (SSSR count). The molecular formula is C15H20F2N2O3S. The van der Waals surface area contributed by atoms with Crippen molar-refractivity contribution < 1.29 is 22.0 Å². The maximum atomic E-state index is 12.5. The predicted molar refractivity (Wildman–Crippen MR) is 82.0 cm³/mol. The van der Waals surface area contributed by atoms with Crippen LogP contribution in [-0.4, -0.2) is 51.2 Å². The number of rotatable bonds is 5. The minimum Gasteiger partial charge on any atom is -0.342 e. The lowest BCUT2D eigenvalue weighted by atomic mass is 10.0. The highest BCUT2D eigenvalue weighted by Crippen LogP contribution is 2.19. The number of carbonyl (C=O) groups excluding carboxylic acids is 1. The number of amides is 1. The van der Waals surface area contributed by atoms with Gasteiger partial charge in [-0.1, -0.05) is 12.1 Å². The summed E-state index contributed by atoms with van der Waals surface area (Å²) in [6.07, 6.45) is 1.91. The molecule has 1 aliphatic rings. The molecule has 0 atom stereocenters. The molecule has 1 amide bonds. The second kappa shape index (κ2) is 7.35. The van der Waals surface area contributed by atoms with Crippen LogP contribution in [0.5, 0.6) is 0 Å². The molecular weight excluding hydrogens is 326 g/mol. The standard InChI is InChI=1S/C15H20F2N2O3S/c1-19(12-6-8-18-9-7-12)14(20)10-11-2-4-13(5-3-11)23(21,22)15(16)17/h2-5,12,15,18H,6-10H2,1H3. The van der Waals surface area contributed by atoms with E-state index in [-0.39, 0.29) is 18.4 Å². The van der Waals surface area contributed by atoms with Crippen LogP contribution in [0, 0.1) is 0 Å². The van der Waals surface area contributed by atoms with Gasteiger partial charge in [-0.3, -0.25) is 4.79 Å². The lowest BCUT2D eigenvalue weighted by Gasteiger charge is -2.31. The van der Waals surface area contributed by atoms with E-state index in [2.05, 4.69) is 5.32 Å². The Morgan fingerprint density at radius 2 is 1.83 bits per heavy atom. The van der Waals surface area contributed by atoms with Gasteiger partial charge in [-0.15, -0.1) is 0 Å². The van der Waals surface area contributed by atoms with Crippen molar-refractivity contribution in [1.29, 1.82) is 0 Å². The van der Waals surface area contributed by atoms with Crippen LogP contribution in [0.25, 0.3) is 0 Å². The summed E-state index contributed by atoms with van der Waals surface area (Å²) in [5, 5.41) is 3.23. The zero-order chi connectivity index (χ0) is 17.0. The fraction of sp³-hybridized carbons (Fsp3) is 0.533. The van der Waals surface area contributed by atoms with Crippen LogP contribution in [-0.2, 0) is 21.1 Å². The van der Waals surface area contributed by atoms with E-state index < -0.39 is 20.5 Å². The molecule has 1 aromatic carbocycles. The van der Waals surface area contributed by atoms with Gasteiger partial charge < -0.3 is 10.2 Å². The van der Waals surface area contributed by atoms with Gasteiger partial charge in [0, 0.05) is 13.1 Å². The first kappa shape index (κ1) is 17.8. The first-order chi connectivity index (χ1) is 10.8. The van der Waals surface area contributed by atoms with Crippen molar-refractivity contribution >= 4 is 15.7 Å². The Morgan fingerprint density at radius 1 is 1.26 bits per heavy atom. The molecule has 1 saturated heterocycles. The van der Waals surface area contributed by atoms with E-state index in [9.17, 15) is 22.0 Å². The number of hydrogen-bond donors (Lipinski definition) is 1. The number of benzene rings is 1. The van der Waals surface area contributed by atoms with Crippen molar-refractivity contribution in [2.75, 3.05) is 20.1 Å². The fourth-order valence-corrected chi connectivity index (χ4v) is 3.32. The van der Waals surface area contributed by atoms with Gasteiger partial charge in [0.15, 0.2) is 0 Å². The quantitative estimate of drug-likeness (QED) is 0.876. The molecule has 8 heteroatoms. The summed E-state index contributed by atoms with van der Waals surface area (Å²) >= 11 is 0. The van der Waals surface area contributed by atoms with Crippen molar-refractivity contribution in [2.24, 2.45) is 0 Å². The van der Waals surface area contributed by atoms with Gasteiger partial charge >= 0.3 is 5.76 Å². The summed E-state index contributed by atoms with van der Waals surface area (Å²) in [6.45, 7) is 1.75. The molecule has 1 N–H and O–H groups in total. The number of hydrogen-bond acceptors (Lipinski definition) is 4. The number of piperidine rings is 1. The number of alkyl halides is 2. The molecule has 0 spiro atoms. The Balaban J connectivity index is 2.01. The van der Waals surface area contributed by atoms with E-state index in [1.807, 2.05) is 0 Å². The molecule has 1 aliphatic heterocycles. The molecule has 0 aromatic heterocycles. The summed E-state index contributed by atoms with van der Waals surface area (Å²) in [5.41, 5.74) is 0.601. The molecule has 128 valence electrons. The highest BCUT2D eigenvalue weighted by atomic mass is 32.2. The van der Waals surface area contributed by atoms with Crippen LogP contribution >= 0.6 is 0 Å². The third-order valence-electron chi connectivity index (χ3n) is 4.09. The lowest BCUT2D eigenvalue weighted by molar-refractivity contribution is -0.131. The summed E-state index contributed by atoms with van der Waals surface area (Å²) in [4.78, 5) is 13.5. The van der Waals surface area contributed by atoms with Crippen LogP contribution < -0.4 is 5.32 Å². The minimum atomic E-state index is -4.59. The highest BCUT2D eigenvalue weighted by Gasteiger charge is 2.26. The first-order valence-corrected chi connectivity index (χ1v) is 8.94. The molecule has 0 unspecified atom stereocenters. The maximum Gasteiger partial charge on any atom is 0.341 e. The van der Waals surface area contributed by atoms with E-state index in [0.717, 1.165) is 38.1 Å². The minimum absolute atomic E-state index is 0.0682. The second-order valence-electron chi connectivity index (χ2n) is 5.61. The average molecular weight is 346 g/mol. The van der Waals surface area contributed by atoms with Crippen molar-refractivity contribution in [2.45, 2.75) is 36.0 Å². The van der Waals surface area contributed by atoms with Gasteiger partial charge in [0.05, 0.1) is 11.3 Å². The Bertz CT molecular complexity index is 641. The monoisotopic (exact) mass is 346 g/mol. The van der Waals surface area contributed by atoms with Gasteiger partial charge in [-0.05, 0) is 43.6 Å². The topological polar surface area (TPSA) is 66.5 Å². The largest absolute Gasteiger partial charge is 0.342 e. The molecule has 0 aliphatic carbocycles. The number of nitrogens with zero attached hydrogens (tertiary/aromatic N) is 1. The number of halogens is 2. The van der Waals surface area contributed by atoms with E-state index in [0.29, 0.717) is 5.56 Å². The number of sulfone groups is 1. The Morgan fingerprint density at radius 3 is 2.35 bits per heavy atom. The predicted octanol–water partition coefficient (Wildman–Crippen LogP) is 1.44. The third-order valence-corrected chi connectivity index (χ3v) is 5.49. The average Bonchev–Trinajstić information content (AvgIpc) is 2.55. The number of carbonyl (C=O) groups is 1. The molecule has 1 aromatic rings. The number of likely N-dealkylation sites (N-methyl/N-ethyl adjacent to an activating group) is 1. The molecule has 5 nitrogen and oxygen atoms in total. The normalized spacial score (nSPS) is 16.5. The second-order valence-corrected chi connectivity index (χ2v) is 7.53. The molecule has 0 saturated carbocycles. The smallest absolute Gasteiger partial charge is 0.341 e. The van der Waals surface area contributed by atoms with Gasteiger partial charge in [0.2, 0.25) is 15.7 Å². The van der Waals surface area contributed by atoms with E-state index >= 15 is 0 Å². The zero-order valence-electron chi connectivity index (χ0n) is 12.8. The van der Waals surface area contributed by atoms with Crippen LogP contribution in [0.2, 0.25) is 0 Å². The highest BCUT2D eigenvalue weighted by molar-refractivity contribution is 7.91. The third kappa shape index (κ3) is 4.26. The van der Waals surface area contributed by atoms with Gasteiger partial charge in [-0.2, -0.15) is 8.78 Å². The summed E-state index contributed by atoms with van der Waals surface area (Å²) in [6, 6.07) is 5.25. The van der Waals surface area contributed by atoms with Gasteiger partial charge in [0.25, 0.3) is 0 Å². The maximum absolute atomic E-state index is 12.5. The van der Waals surface area contributed by atoms with Crippen LogP contribution in [0.1, 0.15) is 18.4 Å². The van der Waals surface area contributed by atoms with Crippen LogP contribution in [0.4, 0.5) is 8.78 Å². The molecule has 0 bridgehead atoms. The van der Waals surface area contributed by atoms with E-state index in [1.54, 1.807) is 11.9 Å². The van der Waals surface area contributed by atoms with Crippen molar-refractivity contribution in [3.63, 3.8) is 0 Å². The summed E-state index contributed by atoms with van der Waals surface area (Å²) in [7, 11) is -2.83. The van der Waals surface area contributed by atoms with Gasteiger partial charge in [-0.25, -0.2) is 8.42 Å². The van der Waals surface area contributed by atoms with Crippen molar-refractivity contribution in [1.82, 2.24) is 10.2 Å². The lowest BCUT2D eigenvalue weighted by Crippen LogP contribution is -2.44. The zero-order valence-corrected chi connectivity index (χ0v) is 13.7. The first-order valence-electron chi connectivity index (χ1n) is 7.39. The Hall–Kier alpha value is -1.54. The van der Waals surface area contributed by atoms with Gasteiger partial charge in [0.1, 0.15) is 0 Å². The summed E-state index contributed by atoms with van der Waals surface area (Å²) in [5.74, 6) is -3.51. The Kier molecular flexibility index (Phi) is 5.69. The van der Waals surface area contributed by atoms with Crippen LogP contribution in [0.15, 0.2) is 29.2 Å². The molecule has 1 heterocycles. The number of nitrogens with one attached hydrogen (secondary N) is 1. The van der Waals surface area contributed by atoms with Crippen LogP contribution in [0.3, 0.4) is 0 Å². The SMILES string of the molecule is CN(C(=O)Cc1ccc(S(=O)(=O)C(F)F)cc1)C1CCNCC1. The van der Waals surface area contributed by atoms with E-state index in [1.165, 1.54) is 12.1 Å². The van der Waals surface area contributed by atoms with E-state index in [4.69, 9.17) is 0 Å². The fourth-order valence-electron chi connectivity index (χ4n) is 2.60. The Labute approximate surface area is 134 Å². The van der Waals surface area contributed by atoms with Crippen molar-refractivity contribution in [3.8, 4) is 0 Å².